The lowest BCUT2D eigenvalue weighted by Crippen LogP contribution is -2.38. The molecule has 0 aromatic heterocycles. The molecule has 0 saturated carbocycles. The number of benzene rings is 1. The van der Waals surface area contributed by atoms with Crippen molar-refractivity contribution in [1.82, 2.24) is 10.2 Å². The largest absolute Gasteiger partial charge is 0.496 e. The number of carbonyl (C=O) groups is 2. The van der Waals surface area contributed by atoms with Gasteiger partial charge in [-0.15, -0.1) is 0 Å². The van der Waals surface area contributed by atoms with Gasteiger partial charge in [0.15, 0.2) is 9.84 Å². The molecule has 10 heteroatoms. The monoisotopic (exact) mass is 438 g/mol. The maximum Gasteiger partial charge on any atom is 0.266 e. The summed E-state index contributed by atoms with van der Waals surface area (Å²) in [5.74, 6) is -0.0974. The van der Waals surface area contributed by atoms with Crippen LogP contribution in [0.25, 0.3) is 6.08 Å². The van der Waals surface area contributed by atoms with Crippen LogP contribution in [0, 0.1) is 0 Å². The van der Waals surface area contributed by atoms with Crippen LogP contribution in [0.15, 0.2) is 40.7 Å². The van der Waals surface area contributed by atoms with Crippen molar-refractivity contribution in [2.45, 2.75) is 12.5 Å². The Labute approximate surface area is 172 Å². The SMILES string of the molecule is COc1ccccc1C=C1SC(=S)N(CCC(=O)NC2C=CS(=O)(=O)C2)C1=O. The van der Waals surface area contributed by atoms with E-state index in [2.05, 4.69) is 5.32 Å². The van der Waals surface area contributed by atoms with Crippen molar-refractivity contribution in [3.8, 4) is 5.75 Å². The fraction of sp³-hybridized carbons (Fsp3) is 0.278. The summed E-state index contributed by atoms with van der Waals surface area (Å²) < 4.78 is 28.4. The van der Waals surface area contributed by atoms with Crippen molar-refractivity contribution in [2.24, 2.45) is 0 Å². The molecular weight excluding hydrogens is 420 g/mol. The fourth-order valence-electron chi connectivity index (χ4n) is 2.78. The quantitative estimate of drug-likeness (QED) is 0.534. The Balaban J connectivity index is 1.60. The van der Waals surface area contributed by atoms with Crippen LogP contribution in [0.4, 0.5) is 0 Å². The maximum absolute atomic E-state index is 12.6. The van der Waals surface area contributed by atoms with Gasteiger partial charge in [-0.1, -0.05) is 42.2 Å². The summed E-state index contributed by atoms with van der Waals surface area (Å²) in [4.78, 5) is 26.6. The Morgan fingerprint density at radius 3 is 2.86 bits per heavy atom. The Morgan fingerprint density at radius 1 is 1.43 bits per heavy atom. The van der Waals surface area contributed by atoms with Crippen LogP contribution in [-0.4, -0.2) is 54.9 Å². The first-order chi connectivity index (χ1) is 13.3. The molecule has 2 aliphatic heterocycles. The molecule has 1 saturated heterocycles. The zero-order valence-corrected chi connectivity index (χ0v) is 17.4. The van der Waals surface area contributed by atoms with E-state index in [1.165, 1.54) is 22.7 Å². The van der Waals surface area contributed by atoms with E-state index < -0.39 is 15.9 Å². The van der Waals surface area contributed by atoms with Crippen molar-refractivity contribution >= 4 is 56.0 Å². The van der Waals surface area contributed by atoms with Crippen LogP contribution >= 0.6 is 24.0 Å². The highest BCUT2D eigenvalue weighted by molar-refractivity contribution is 8.26. The molecule has 7 nitrogen and oxygen atoms in total. The van der Waals surface area contributed by atoms with Crippen molar-refractivity contribution in [1.29, 1.82) is 0 Å². The van der Waals surface area contributed by atoms with Crippen LogP contribution in [0.3, 0.4) is 0 Å². The van der Waals surface area contributed by atoms with Gasteiger partial charge in [0.05, 0.1) is 23.8 Å². The van der Waals surface area contributed by atoms with Gasteiger partial charge in [-0.05, 0) is 18.2 Å². The molecule has 0 bridgehead atoms. The van der Waals surface area contributed by atoms with Crippen LogP contribution in [0.5, 0.6) is 5.75 Å². The highest BCUT2D eigenvalue weighted by Gasteiger charge is 2.32. The van der Waals surface area contributed by atoms with Gasteiger partial charge in [-0.25, -0.2) is 8.42 Å². The average molecular weight is 439 g/mol. The molecule has 2 amide bonds. The minimum Gasteiger partial charge on any atom is -0.496 e. The molecular formula is C18H18N2O5S3. The maximum atomic E-state index is 12.6. The first-order valence-electron chi connectivity index (χ1n) is 8.38. The van der Waals surface area contributed by atoms with E-state index in [1.54, 1.807) is 19.3 Å². The predicted octanol–water partition coefficient (Wildman–Crippen LogP) is 1.71. The van der Waals surface area contributed by atoms with Crippen LogP contribution in [0.1, 0.15) is 12.0 Å². The van der Waals surface area contributed by atoms with Gasteiger partial charge in [0, 0.05) is 23.9 Å². The number of sulfone groups is 1. The normalized spacial score (nSPS) is 22.1. The van der Waals surface area contributed by atoms with Gasteiger partial charge in [-0.2, -0.15) is 0 Å². The minimum atomic E-state index is -3.23. The zero-order chi connectivity index (χ0) is 20.3. The lowest BCUT2D eigenvalue weighted by atomic mass is 10.2. The number of thiocarbonyl (C=S) groups is 1. The molecule has 1 aromatic rings. The molecule has 1 N–H and O–H groups in total. The molecule has 1 atom stereocenters. The minimum absolute atomic E-state index is 0.0266. The van der Waals surface area contributed by atoms with Gasteiger partial charge >= 0.3 is 0 Å². The lowest BCUT2D eigenvalue weighted by Gasteiger charge is -2.15. The number of hydrogen-bond donors (Lipinski definition) is 1. The number of ether oxygens (including phenoxy) is 1. The Hall–Kier alpha value is -2.17. The molecule has 0 spiro atoms. The highest BCUT2D eigenvalue weighted by atomic mass is 32.2. The Morgan fingerprint density at radius 2 is 2.18 bits per heavy atom. The number of carbonyl (C=O) groups excluding carboxylic acids is 2. The van der Waals surface area contributed by atoms with E-state index in [-0.39, 0.29) is 30.5 Å². The van der Waals surface area contributed by atoms with Crippen LogP contribution in [0.2, 0.25) is 0 Å². The van der Waals surface area contributed by atoms with Crippen molar-refractivity contribution < 1.29 is 22.7 Å². The number of hydrogen-bond acceptors (Lipinski definition) is 7. The summed E-state index contributed by atoms with van der Waals surface area (Å²) in [5.41, 5.74) is 0.762. The molecule has 1 fully saturated rings. The first-order valence-corrected chi connectivity index (χ1v) is 11.3. The van der Waals surface area contributed by atoms with E-state index in [0.717, 1.165) is 11.0 Å². The molecule has 2 heterocycles. The van der Waals surface area contributed by atoms with E-state index in [4.69, 9.17) is 17.0 Å². The molecule has 0 radical (unpaired) electrons. The van der Waals surface area contributed by atoms with Gasteiger partial charge in [0.25, 0.3) is 5.91 Å². The third kappa shape index (κ3) is 4.81. The number of nitrogens with zero attached hydrogens (tertiary/aromatic N) is 1. The van der Waals surface area contributed by atoms with Crippen molar-refractivity contribution in [2.75, 3.05) is 19.4 Å². The number of thioether (sulfide) groups is 1. The number of rotatable bonds is 6. The van der Waals surface area contributed by atoms with E-state index in [9.17, 15) is 18.0 Å². The third-order valence-electron chi connectivity index (χ3n) is 4.14. The summed E-state index contributed by atoms with van der Waals surface area (Å²) in [5, 5.41) is 3.73. The Kier molecular flexibility index (Phi) is 6.21. The number of methoxy groups -OCH3 is 1. The zero-order valence-electron chi connectivity index (χ0n) is 15.0. The molecule has 1 aromatic carbocycles. The summed E-state index contributed by atoms with van der Waals surface area (Å²) in [6, 6.07) is 6.78. The molecule has 2 aliphatic rings. The number of nitrogens with one attached hydrogen (secondary N) is 1. The standard InChI is InChI=1S/C18H18N2O5S3/c1-25-14-5-3-2-4-12(14)10-15-17(22)20(18(26)27-15)8-6-16(21)19-13-7-9-28(23,24)11-13/h2-5,7,9-10,13H,6,8,11H2,1H3,(H,19,21). The molecule has 3 rings (SSSR count). The second-order valence-electron chi connectivity index (χ2n) is 6.16. The molecule has 0 aliphatic carbocycles. The Bertz CT molecular complexity index is 985. The second-order valence-corrected chi connectivity index (χ2v) is 9.76. The molecule has 1 unspecified atom stereocenters. The summed E-state index contributed by atoms with van der Waals surface area (Å²) in [7, 11) is -1.68. The second kappa shape index (κ2) is 8.46. The number of para-hydroxylation sites is 1. The molecule has 148 valence electrons. The van der Waals surface area contributed by atoms with E-state index in [0.29, 0.717) is 15.0 Å². The van der Waals surface area contributed by atoms with Crippen molar-refractivity contribution in [3.05, 3.63) is 46.2 Å². The van der Waals surface area contributed by atoms with E-state index >= 15 is 0 Å². The smallest absolute Gasteiger partial charge is 0.266 e. The van der Waals surface area contributed by atoms with Crippen LogP contribution < -0.4 is 10.1 Å². The van der Waals surface area contributed by atoms with E-state index in [1.807, 2.05) is 18.2 Å². The number of amides is 2. The summed E-state index contributed by atoms with van der Waals surface area (Å²) in [6.07, 6.45) is 3.19. The van der Waals surface area contributed by atoms with Gasteiger partial charge in [0.1, 0.15) is 10.1 Å². The predicted molar refractivity (Wildman–Crippen MR) is 112 cm³/mol. The first kappa shape index (κ1) is 20.6. The fourth-order valence-corrected chi connectivity index (χ4v) is 5.31. The molecule has 28 heavy (non-hydrogen) atoms. The lowest BCUT2D eigenvalue weighted by molar-refractivity contribution is -0.124. The van der Waals surface area contributed by atoms with Gasteiger partial charge in [0.2, 0.25) is 5.91 Å². The summed E-state index contributed by atoms with van der Waals surface area (Å²) in [6.45, 7) is 0.128. The van der Waals surface area contributed by atoms with Crippen LogP contribution in [-0.2, 0) is 19.4 Å². The van der Waals surface area contributed by atoms with Gasteiger partial charge in [-0.3, -0.25) is 14.5 Å². The topological polar surface area (TPSA) is 92.8 Å². The van der Waals surface area contributed by atoms with Crippen molar-refractivity contribution in [3.63, 3.8) is 0 Å². The third-order valence-corrected chi connectivity index (χ3v) is 6.91. The van der Waals surface area contributed by atoms with Gasteiger partial charge < -0.3 is 10.1 Å². The summed E-state index contributed by atoms with van der Waals surface area (Å²) >= 11 is 6.44. The average Bonchev–Trinajstić information content (AvgIpc) is 3.12. The highest BCUT2D eigenvalue weighted by Crippen LogP contribution is 2.34.